The highest BCUT2D eigenvalue weighted by Gasteiger charge is 2.36. The molecule has 1 saturated heterocycles. The summed E-state index contributed by atoms with van der Waals surface area (Å²) in [6, 6.07) is 10.1. The fourth-order valence-electron chi connectivity index (χ4n) is 3.73. The zero-order chi connectivity index (χ0) is 23.6. The fraction of sp³-hybridized carbons (Fsp3) is 0.273. The maximum Gasteiger partial charge on any atom is 0.419 e. The quantitative estimate of drug-likeness (QED) is 0.481. The molecule has 172 valence electrons. The first-order chi connectivity index (χ1) is 15.8. The van der Waals surface area contributed by atoms with Crippen LogP contribution in [0.2, 0.25) is 5.02 Å². The Bertz CT molecular complexity index is 1180. The molecule has 0 saturated carbocycles. The molecular weight excluding hydrogens is 461 g/mol. The third kappa shape index (κ3) is 5.00. The molecule has 0 unspecified atom stereocenters. The molecule has 7 nitrogen and oxygen atoms in total. The first-order valence-electron chi connectivity index (χ1n) is 10.0. The van der Waals surface area contributed by atoms with Gasteiger partial charge in [-0.1, -0.05) is 23.7 Å². The predicted octanol–water partition coefficient (Wildman–Crippen LogP) is 5.03. The Hall–Kier alpha value is -3.40. The van der Waals surface area contributed by atoms with Gasteiger partial charge in [-0.05, 0) is 46.3 Å². The molecule has 0 atom stereocenters. The van der Waals surface area contributed by atoms with E-state index in [1.165, 1.54) is 24.3 Å². The van der Waals surface area contributed by atoms with Gasteiger partial charge in [0.2, 0.25) is 0 Å². The molecule has 3 aromatic rings. The number of alkyl halides is 3. The molecule has 4 rings (SSSR count). The highest BCUT2D eigenvalue weighted by atomic mass is 35.5. The van der Waals surface area contributed by atoms with Crippen LogP contribution in [0.1, 0.15) is 5.56 Å². The van der Waals surface area contributed by atoms with Crippen molar-refractivity contribution in [3.8, 4) is 5.75 Å². The van der Waals surface area contributed by atoms with E-state index >= 15 is 0 Å². The highest BCUT2D eigenvalue weighted by Crippen LogP contribution is 2.42. The molecule has 1 aromatic heterocycles. The number of nitrogens with zero attached hydrogens (tertiary/aromatic N) is 4. The van der Waals surface area contributed by atoms with Crippen LogP contribution in [-0.2, 0) is 11.0 Å². The van der Waals surface area contributed by atoms with Gasteiger partial charge in [0, 0.05) is 32.4 Å². The number of hydrogen-bond donors (Lipinski definition) is 0. The average Bonchev–Trinajstić information content (AvgIpc) is 2.81. The minimum atomic E-state index is -4.77. The molecule has 2 heterocycles. The normalized spacial score (nSPS) is 14.4. The van der Waals surface area contributed by atoms with Crippen LogP contribution in [0.4, 0.5) is 24.7 Å². The molecule has 0 spiro atoms. The number of rotatable bonds is 5. The number of carbonyl (C=O) groups excluding carboxylic acids is 1. The van der Waals surface area contributed by atoms with E-state index in [1.54, 1.807) is 17.2 Å². The molecular formula is C22H18ClF3N4O3. The van der Waals surface area contributed by atoms with Crippen LogP contribution in [-0.4, -0.2) is 48.6 Å². The lowest BCUT2D eigenvalue weighted by Gasteiger charge is -2.35. The van der Waals surface area contributed by atoms with Crippen molar-refractivity contribution in [3.63, 3.8) is 0 Å². The number of benzene rings is 2. The van der Waals surface area contributed by atoms with Crippen molar-refractivity contribution in [2.75, 3.05) is 37.7 Å². The molecule has 0 aliphatic carbocycles. The minimum absolute atomic E-state index is 0.0911. The number of fused-ring (bicyclic) bond motifs is 1. The highest BCUT2D eigenvalue weighted by molar-refractivity contribution is 6.30. The molecule has 1 aliphatic heterocycles. The Morgan fingerprint density at radius 1 is 1.09 bits per heavy atom. The number of aromatic nitrogens is 1. The third-order valence-electron chi connectivity index (χ3n) is 5.38. The van der Waals surface area contributed by atoms with E-state index in [0.29, 0.717) is 31.2 Å². The molecule has 11 heteroatoms. The van der Waals surface area contributed by atoms with Crippen molar-refractivity contribution in [1.29, 1.82) is 0 Å². The van der Waals surface area contributed by atoms with E-state index in [-0.39, 0.29) is 29.0 Å². The van der Waals surface area contributed by atoms with Gasteiger partial charge >= 0.3 is 6.18 Å². The van der Waals surface area contributed by atoms with E-state index in [2.05, 4.69) is 10.2 Å². The smallest absolute Gasteiger partial charge is 0.419 e. The Labute approximate surface area is 191 Å². The minimum Gasteiger partial charge on any atom is -0.484 e. The molecule has 33 heavy (non-hydrogen) atoms. The summed E-state index contributed by atoms with van der Waals surface area (Å²) in [6.45, 7) is 1.74. The SMILES string of the molecule is O=Nc1ccc2ccc(OCC(=O)N3CCN(c4ccc(Cl)cn4)CC3)cc2c1C(F)(F)F. The zero-order valence-corrected chi connectivity index (χ0v) is 17.9. The van der Waals surface area contributed by atoms with Gasteiger partial charge < -0.3 is 14.5 Å². The van der Waals surface area contributed by atoms with Crippen LogP contribution in [0.5, 0.6) is 5.75 Å². The van der Waals surface area contributed by atoms with Crippen LogP contribution < -0.4 is 9.64 Å². The van der Waals surface area contributed by atoms with Gasteiger partial charge in [0.05, 0.1) is 10.6 Å². The molecule has 1 fully saturated rings. The number of hydrogen-bond acceptors (Lipinski definition) is 6. The van der Waals surface area contributed by atoms with Crippen LogP contribution in [0.3, 0.4) is 0 Å². The lowest BCUT2D eigenvalue weighted by atomic mass is 10.0. The van der Waals surface area contributed by atoms with Gasteiger partial charge in [-0.2, -0.15) is 13.2 Å². The summed E-state index contributed by atoms with van der Waals surface area (Å²) in [5, 5.41) is 3.10. The second-order valence-electron chi connectivity index (χ2n) is 7.42. The van der Waals surface area contributed by atoms with Gasteiger partial charge in [0.1, 0.15) is 17.3 Å². The van der Waals surface area contributed by atoms with Crippen molar-refractivity contribution in [1.82, 2.24) is 9.88 Å². The average molecular weight is 479 g/mol. The maximum atomic E-state index is 13.5. The van der Waals surface area contributed by atoms with Crippen LogP contribution in [0, 0.1) is 4.91 Å². The molecule has 0 radical (unpaired) electrons. The Kier molecular flexibility index (Phi) is 6.37. The van der Waals surface area contributed by atoms with Crippen molar-refractivity contribution in [2.24, 2.45) is 5.18 Å². The van der Waals surface area contributed by atoms with Crippen LogP contribution in [0.15, 0.2) is 53.8 Å². The summed E-state index contributed by atoms with van der Waals surface area (Å²) < 4.78 is 46.0. The first kappa shape index (κ1) is 22.8. The molecule has 2 aromatic carbocycles. The standard InChI is InChI=1S/C22H18ClF3N4O3/c23-15-3-6-19(27-12-15)29-7-9-30(10-8-29)20(31)13-33-16-4-1-14-2-5-18(28-32)21(17(14)11-16)22(24,25)26/h1-6,11-12H,7-10,13H2. The Morgan fingerprint density at radius 2 is 1.82 bits per heavy atom. The summed E-state index contributed by atoms with van der Waals surface area (Å²) in [5.41, 5.74) is -1.82. The first-order valence-corrected chi connectivity index (χ1v) is 10.4. The summed E-state index contributed by atoms with van der Waals surface area (Å²) in [5.74, 6) is 0.579. The Balaban J connectivity index is 1.42. The maximum absolute atomic E-state index is 13.5. The summed E-state index contributed by atoms with van der Waals surface area (Å²) >= 11 is 5.86. The van der Waals surface area contributed by atoms with Crippen molar-refractivity contribution in [3.05, 3.63) is 64.2 Å². The van der Waals surface area contributed by atoms with Gasteiger partial charge in [-0.3, -0.25) is 4.79 Å². The molecule has 1 aliphatic rings. The van der Waals surface area contributed by atoms with Gasteiger partial charge in [-0.25, -0.2) is 4.98 Å². The van der Waals surface area contributed by atoms with Gasteiger partial charge in [-0.15, -0.1) is 4.91 Å². The monoisotopic (exact) mass is 478 g/mol. The summed E-state index contributed by atoms with van der Waals surface area (Å²) in [4.78, 5) is 31.4. The number of ether oxygens (including phenoxy) is 1. The van der Waals surface area contributed by atoms with E-state index in [4.69, 9.17) is 16.3 Å². The Morgan fingerprint density at radius 3 is 2.45 bits per heavy atom. The molecule has 0 N–H and O–H groups in total. The predicted molar refractivity (Wildman–Crippen MR) is 118 cm³/mol. The van der Waals surface area contributed by atoms with E-state index < -0.39 is 17.4 Å². The molecule has 1 amide bonds. The lowest BCUT2D eigenvalue weighted by Crippen LogP contribution is -2.50. The number of halogens is 4. The van der Waals surface area contributed by atoms with Gasteiger partial charge in [0.25, 0.3) is 5.91 Å². The van der Waals surface area contributed by atoms with Crippen LogP contribution in [0.25, 0.3) is 10.8 Å². The second-order valence-corrected chi connectivity index (χ2v) is 7.86. The fourth-order valence-corrected chi connectivity index (χ4v) is 3.84. The number of piperazine rings is 1. The van der Waals surface area contributed by atoms with Gasteiger partial charge in [0.15, 0.2) is 6.61 Å². The van der Waals surface area contributed by atoms with Crippen molar-refractivity contribution < 1.29 is 22.7 Å². The number of carbonyl (C=O) groups is 1. The number of amides is 1. The van der Waals surface area contributed by atoms with E-state index in [9.17, 15) is 22.9 Å². The van der Waals surface area contributed by atoms with Crippen molar-refractivity contribution >= 4 is 39.8 Å². The topological polar surface area (TPSA) is 75.1 Å². The third-order valence-corrected chi connectivity index (χ3v) is 5.61. The van der Waals surface area contributed by atoms with Crippen molar-refractivity contribution in [2.45, 2.75) is 6.18 Å². The summed E-state index contributed by atoms with van der Waals surface area (Å²) in [6.07, 6.45) is -3.21. The second kappa shape index (κ2) is 9.22. The zero-order valence-electron chi connectivity index (χ0n) is 17.2. The lowest BCUT2D eigenvalue weighted by molar-refractivity contribution is -0.136. The number of pyridine rings is 1. The molecule has 0 bridgehead atoms. The van der Waals surface area contributed by atoms with Crippen LogP contribution >= 0.6 is 11.6 Å². The largest absolute Gasteiger partial charge is 0.484 e. The van der Waals surface area contributed by atoms with E-state index in [1.807, 2.05) is 11.0 Å². The van der Waals surface area contributed by atoms with E-state index in [0.717, 1.165) is 11.9 Å². The number of nitroso groups, excluding NO2 is 1. The summed E-state index contributed by atoms with van der Waals surface area (Å²) in [7, 11) is 0. The number of anilines is 1.